The number of nitrogens with one attached hydrogen (secondary N) is 2. The van der Waals surface area contributed by atoms with Crippen molar-refractivity contribution in [1.82, 2.24) is 15.5 Å². The second kappa shape index (κ2) is 7.97. The van der Waals surface area contributed by atoms with E-state index in [1.54, 1.807) is 25.1 Å². The molecule has 25 heavy (non-hydrogen) atoms. The van der Waals surface area contributed by atoms with Crippen LogP contribution in [0.1, 0.15) is 46.0 Å². The summed E-state index contributed by atoms with van der Waals surface area (Å²) in [6.07, 6.45) is 2.04. The number of hydrogen-bond acceptors (Lipinski definition) is 4. The molecule has 1 aromatic carbocycles. The first-order valence-electron chi connectivity index (χ1n) is 8.46. The predicted molar refractivity (Wildman–Crippen MR) is 97.0 cm³/mol. The largest absolute Gasteiger partial charge is 0.354 e. The van der Waals surface area contributed by atoms with Gasteiger partial charge < -0.3 is 10.6 Å². The van der Waals surface area contributed by atoms with Crippen LogP contribution in [0.2, 0.25) is 0 Å². The lowest BCUT2D eigenvalue weighted by molar-refractivity contribution is -0.124. The van der Waals surface area contributed by atoms with Gasteiger partial charge in [0.25, 0.3) is 11.8 Å². The molecule has 2 aliphatic rings. The van der Waals surface area contributed by atoms with Gasteiger partial charge in [-0.05, 0) is 57.8 Å². The number of aryl methyl sites for hydroxylation is 1. The number of halogens is 1. The highest BCUT2D eigenvalue weighted by molar-refractivity contribution is 6.22. The van der Waals surface area contributed by atoms with Crippen LogP contribution in [0.25, 0.3) is 0 Å². The van der Waals surface area contributed by atoms with Crippen molar-refractivity contribution in [3.05, 3.63) is 34.9 Å². The average Bonchev–Trinajstić information content (AvgIpc) is 3.15. The van der Waals surface area contributed by atoms with Gasteiger partial charge >= 0.3 is 0 Å². The van der Waals surface area contributed by atoms with Crippen LogP contribution in [-0.4, -0.2) is 48.3 Å². The second-order valence-electron chi connectivity index (χ2n) is 6.64. The number of nitrogens with zero attached hydrogens (tertiary/aromatic N) is 1. The Hall–Kier alpha value is -1.92. The van der Waals surface area contributed by atoms with Gasteiger partial charge in [0, 0.05) is 6.54 Å². The number of carbonyl (C=O) groups is 3. The molecule has 0 spiro atoms. The summed E-state index contributed by atoms with van der Waals surface area (Å²) in [5, 5.41) is 6.15. The fraction of sp³-hybridized carbons (Fsp3) is 0.500. The van der Waals surface area contributed by atoms with Gasteiger partial charge in [-0.1, -0.05) is 11.6 Å². The summed E-state index contributed by atoms with van der Waals surface area (Å²) < 4.78 is 0. The van der Waals surface area contributed by atoms with Crippen LogP contribution in [0.15, 0.2) is 18.2 Å². The van der Waals surface area contributed by atoms with Gasteiger partial charge in [0.05, 0.1) is 11.1 Å². The van der Waals surface area contributed by atoms with E-state index in [-0.39, 0.29) is 24.2 Å². The number of hydrogen-bond donors (Lipinski definition) is 2. The van der Waals surface area contributed by atoms with Crippen LogP contribution in [0.4, 0.5) is 0 Å². The molecule has 1 fully saturated rings. The molecule has 3 rings (SSSR count). The lowest BCUT2D eigenvalue weighted by atomic mass is 10.1. The third kappa shape index (κ3) is 3.85. The van der Waals surface area contributed by atoms with Gasteiger partial charge in [0.15, 0.2) is 0 Å². The summed E-state index contributed by atoms with van der Waals surface area (Å²) in [6, 6.07) is 4.35. The Morgan fingerprint density at radius 2 is 2.04 bits per heavy atom. The highest BCUT2D eigenvalue weighted by Crippen LogP contribution is 2.25. The van der Waals surface area contributed by atoms with E-state index in [4.69, 9.17) is 0 Å². The lowest BCUT2D eigenvalue weighted by Gasteiger charge is -2.22. The molecule has 2 aliphatic heterocycles. The van der Waals surface area contributed by atoms with Crippen molar-refractivity contribution in [3.8, 4) is 0 Å². The van der Waals surface area contributed by atoms with E-state index >= 15 is 0 Å². The second-order valence-corrected chi connectivity index (χ2v) is 6.64. The molecule has 3 amide bonds. The third-order valence-electron chi connectivity index (χ3n) is 4.85. The molecule has 136 valence electrons. The summed E-state index contributed by atoms with van der Waals surface area (Å²) in [6.45, 7) is 6.06. The van der Waals surface area contributed by atoms with Gasteiger partial charge in [-0.2, -0.15) is 0 Å². The van der Waals surface area contributed by atoms with E-state index in [1.165, 1.54) is 0 Å². The SMILES string of the molecule is Cc1ccc2c(c1)C(=O)N(C(C)C(=O)NCCC1CCNC1)C2=O.Cl. The zero-order valence-corrected chi connectivity index (χ0v) is 15.3. The minimum absolute atomic E-state index is 0. The van der Waals surface area contributed by atoms with Crippen molar-refractivity contribution in [2.75, 3.05) is 19.6 Å². The Morgan fingerprint density at radius 3 is 2.72 bits per heavy atom. The van der Waals surface area contributed by atoms with Crippen LogP contribution < -0.4 is 10.6 Å². The minimum Gasteiger partial charge on any atom is -0.354 e. The number of rotatable bonds is 5. The van der Waals surface area contributed by atoms with Crippen molar-refractivity contribution in [3.63, 3.8) is 0 Å². The fourth-order valence-electron chi connectivity index (χ4n) is 3.35. The average molecular weight is 366 g/mol. The Morgan fingerprint density at radius 1 is 1.32 bits per heavy atom. The Labute approximate surface area is 153 Å². The molecule has 2 N–H and O–H groups in total. The van der Waals surface area contributed by atoms with Gasteiger partial charge in [0.2, 0.25) is 5.91 Å². The van der Waals surface area contributed by atoms with E-state index in [0.717, 1.165) is 36.4 Å². The maximum absolute atomic E-state index is 12.5. The first-order valence-corrected chi connectivity index (χ1v) is 8.46. The maximum Gasteiger partial charge on any atom is 0.262 e. The third-order valence-corrected chi connectivity index (χ3v) is 4.85. The molecular weight excluding hydrogens is 342 g/mol. The van der Waals surface area contributed by atoms with Crippen LogP contribution in [-0.2, 0) is 4.79 Å². The number of imide groups is 1. The summed E-state index contributed by atoms with van der Waals surface area (Å²) in [7, 11) is 0. The standard InChI is InChI=1S/C18H23N3O3.ClH/c1-11-3-4-14-15(9-11)18(24)21(17(14)23)12(2)16(22)20-8-6-13-5-7-19-10-13;/h3-4,9,12-13,19H,5-8,10H2,1-2H3,(H,20,22);1H. The first-order chi connectivity index (χ1) is 11.5. The highest BCUT2D eigenvalue weighted by Gasteiger charge is 2.40. The quantitative estimate of drug-likeness (QED) is 0.775. The van der Waals surface area contributed by atoms with Crippen LogP contribution in [0.5, 0.6) is 0 Å². The topological polar surface area (TPSA) is 78.5 Å². The zero-order valence-electron chi connectivity index (χ0n) is 14.5. The Bertz CT molecular complexity index is 686. The molecule has 0 aromatic heterocycles. The molecule has 0 saturated carbocycles. The minimum atomic E-state index is -0.806. The molecule has 7 heteroatoms. The number of carbonyl (C=O) groups excluding carboxylic acids is 3. The van der Waals surface area contributed by atoms with Crippen molar-refractivity contribution in [2.24, 2.45) is 5.92 Å². The van der Waals surface area contributed by atoms with Gasteiger partial charge in [-0.25, -0.2) is 0 Å². The van der Waals surface area contributed by atoms with Gasteiger partial charge in [-0.15, -0.1) is 12.4 Å². The lowest BCUT2D eigenvalue weighted by Crippen LogP contribution is -2.48. The van der Waals surface area contributed by atoms with E-state index in [2.05, 4.69) is 10.6 Å². The highest BCUT2D eigenvalue weighted by atomic mass is 35.5. The van der Waals surface area contributed by atoms with Crippen LogP contribution in [0.3, 0.4) is 0 Å². The molecule has 2 heterocycles. The predicted octanol–water partition coefficient (Wildman–Crippen LogP) is 1.52. The summed E-state index contributed by atoms with van der Waals surface area (Å²) in [4.78, 5) is 38.4. The van der Waals surface area contributed by atoms with E-state index in [9.17, 15) is 14.4 Å². The van der Waals surface area contributed by atoms with E-state index in [1.807, 2.05) is 6.92 Å². The summed E-state index contributed by atoms with van der Waals surface area (Å²) in [5.41, 5.74) is 1.68. The summed E-state index contributed by atoms with van der Waals surface area (Å²) >= 11 is 0. The van der Waals surface area contributed by atoms with Crippen molar-refractivity contribution >= 4 is 30.1 Å². The fourth-order valence-corrected chi connectivity index (χ4v) is 3.35. The van der Waals surface area contributed by atoms with Crippen molar-refractivity contribution in [1.29, 1.82) is 0 Å². The molecule has 0 aliphatic carbocycles. The molecule has 0 radical (unpaired) electrons. The first kappa shape index (κ1) is 19.4. The number of fused-ring (bicyclic) bond motifs is 1. The summed E-state index contributed by atoms with van der Waals surface area (Å²) in [5.74, 6) is -0.478. The molecule has 2 atom stereocenters. The van der Waals surface area contributed by atoms with Crippen LogP contribution in [0, 0.1) is 12.8 Å². The van der Waals surface area contributed by atoms with Crippen LogP contribution >= 0.6 is 12.4 Å². The van der Waals surface area contributed by atoms with Crippen molar-refractivity contribution in [2.45, 2.75) is 32.7 Å². The zero-order chi connectivity index (χ0) is 17.3. The van der Waals surface area contributed by atoms with E-state index < -0.39 is 11.9 Å². The molecular formula is C18H24ClN3O3. The Kier molecular flexibility index (Phi) is 6.19. The monoisotopic (exact) mass is 365 g/mol. The molecule has 1 saturated heterocycles. The van der Waals surface area contributed by atoms with Gasteiger partial charge in [-0.3, -0.25) is 19.3 Å². The number of amides is 3. The van der Waals surface area contributed by atoms with Crippen molar-refractivity contribution < 1.29 is 14.4 Å². The normalized spacial score (nSPS) is 20.2. The molecule has 6 nitrogen and oxygen atoms in total. The number of benzene rings is 1. The molecule has 1 aromatic rings. The van der Waals surface area contributed by atoms with Gasteiger partial charge in [0.1, 0.15) is 6.04 Å². The van der Waals surface area contributed by atoms with E-state index in [0.29, 0.717) is 23.6 Å². The molecule has 2 unspecified atom stereocenters. The Balaban J connectivity index is 0.00000225. The smallest absolute Gasteiger partial charge is 0.262 e. The maximum atomic E-state index is 12.5. The molecule has 0 bridgehead atoms.